The quantitative estimate of drug-likeness (QED) is 0.414. The molecule has 1 unspecified atom stereocenters. The second kappa shape index (κ2) is 8.05. The van der Waals surface area contributed by atoms with E-state index in [2.05, 4.69) is 5.43 Å². The molecule has 102 valence electrons. The van der Waals surface area contributed by atoms with Crippen LogP contribution in [-0.2, 0) is 9.47 Å². The molecule has 1 aromatic rings. The van der Waals surface area contributed by atoms with Crippen molar-refractivity contribution in [3.63, 3.8) is 0 Å². The highest BCUT2D eigenvalue weighted by Gasteiger charge is 2.15. The van der Waals surface area contributed by atoms with Crippen LogP contribution in [0.3, 0.4) is 0 Å². The van der Waals surface area contributed by atoms with Gasteiger partial charge in [-0.25, -0.2) is 0 Å². The van der Waals surface area contributed by atoms with E-state index in [0.717, 1.165) is 16.9 Å². The fourth-order valence-corrected chi connectivity index (χ4v) is 1.70. The van der Waals surface area contributed by atoms with Gasteiger partial charge < -0.3 is 14.2 Å². The van der Waals surface area contributed by atoms with Gasteiger partial charge in [-0.15, -0.1) is 0 Å². The van der Waals surface area contributed by atoms with Gasteiger partial charge in [0.15, 0.2) is 0 Å². The number of hydrogen-bond acceptors (Lipinski definition) is 5. The zero-order valence-corrected chi connectivity index (χ0v) is 11.2. The molecule has 0 heterocycles. The molecule has 5 nitrogen and oxygen atoms in total. The van der Waals surface area contributed by atoms with Crippen molar-refractivity contribution in [2.75, 3.05) is 34.0 Å². The van der Waals surface area contributed by atoms with E-state index in [1.807, 2.05) is 25.1 Å². The molecule has 0 amide bonds. The normalized spacial score (nSPS) is 12.4. The van der Waals surface area contributed by atoms with Crippen LogP contribution in [0, 0.1) is 6.92 Å². The number of hydrazine groups is 1. The fourth-order valence-electron chi connectivity index (χ4n) is 1.70. The summed E-state index contributed by atoms with van der Waals surface area (Å²) in [5, 5.41) is 0. The molecule has 1 rings (SSSR count). The second-order valence-corrected chi connectivity index (χ2v) is 4.03. The lowest BCUT2D eigenvalue weighted by atomic mass is 10.0. The van der Waals surface area contributed by atoms with Gasteiger partial charge in [0.25, 0.3) is 0 Å². The molecule has 0 radical (unpaired) electrons. The van der Waals surface area contributed by atoms with Crippen molar-refractivity contribution in [1.29, 1.82) is 0 Å². The average molecular weight is 254 g/mol. The van der Waals surface area contributed by atoms with Crippen molar-refractivity contribution in [3.8, 4) is 5.75 Å². The number of aryl methyl sites for hydroxylation is 1. The minimum atomic E-state index is -0.100. The highest BCUT2D eigenvalue weighted by molar-refractivity contribution is 5.39. The Hall–Kier alpha value is -1.14. The Kier molecular flexibility index (Phi) is 6.67. The zero-order chi connectivity index (χ0) is 13.4. The summed E-state index contributed by atoms with van der Waals surface area (Å²) in [7, 11) is 3.29. The predicted octanol–water partition coefficient (Wildman–Crippen LogP) is 1.17. The SMILES string of the molecule is COCCOCC(NN)c1cc(C)ccc1OC. The highest BCUT2D eigenvalue weighted by Crippen LogP contribution is 2.26. The molecule has 0 aliphatic rings. The van der Waals surface area contributed by atoms with Crippen molar-refractivity contribution in [1.82, 2.24) is 5.43 Å². The van der Waals surface area contributed by atoms with Crippen molar-refractivity contribution >= 4 is 0 Å². The molecule has 5 heteroatoms. The Balaban J connectivity index is 2.71. The van der Waals surface area contributed by atoms with Gasteiger partial charge in [-0.3, -0.25) is 11.3 Å². The number of benzene rings is 1. The lowest BCUT2D eigenvalue weighted by Gasteiger charge is -2.19. The average Bonchev–Trinajstić information content (AvgIpc) is 2.39. The molecule has 0 aromatic heterocycles. The number of nitrogens with two attached hydrogens (primary N) is 1. The Morgan fingerprint density at radius 3 is 2.67 bits per heavy atom. The third kappa shape index (κ3) is 4.27. The number of nitrogens with one attached hydrogen (secondary N) is 1. The van der Waals surface area contributed by atoms with Gasteiger partial charge in [0.1, 0.15) is 5.75 Å². The van der Waals surface area contributed by atoms with Crippen LogP contribution >= 0.6 is 0 Å². The zero-order valence-electron chi connectivity index (χ0n) is 11.2. The maximum Gasteiger partial charge on any atom is 0.123 e. The topological polar surface area (TPSA) is 65.7 Å². The molecular formula is C13H22N2O3. The largest absolute Gasteiger partial charge is 0.496 e. The van der Waals surface area contributed by atoms with Crippen LogP contribution < -0.4 is 16.0 Å². The molecule has 3 N–H and O–H groups in total. The second-order valence-electron chi connectivity index (χ2n) is 4.03. The van der Waals surface area contributed by atoms with Crippen LogP contribution in [0.4, 0.5) is 0 Å². The first-order chi connectivity index (χ1) is 8.72. The summed E-state index contributed by atoms with van der Waals surface area (Å²) in [6.45, 7) is 3.62. The van der Waals surface area contributed by atoms with Crippen molar-refractivity contribution < 1.29 is 14.2 Å². The molecule has 0 saturated heterocycles. The summed E-state index contributed by atoms with van der Waals surface area (Å²) in [5.74, 6) is 6.38. The lowest BCUT2D eigenvalue weighted by molar-refractivity contribution is 0.0582. The molecule has 1 aromatic carbocycles. The van der Waals surface area contributed by atoms with E-state index >= 15 is 0 Å². The fraction of sp³-hybridized carbons (Fsp3) is 0.538. The van der Waals surface area contributed by atoms with Crippen LogP contribution in [0.2, 0.25) is 0 Å². The van der Waals surface area contributed by atoms with E-state index in [9.17, 15) is 0 Å². The maximum atomic E-state index is 5.58. The van der Waals surface area contributed by atoms with E-state index in [4.69, 9.17) is 20.1 Å². The Bertz CT molecular complexity index is 358. The van der Waals surface area contributed by atoms with Gasteiger partial charge in [-0.2, -0.15) is 0 Å². The van der Waals surface area contributed by atoms with Gasteiger partial charge >= 0.3 is 0 Å². The van der Waals surface area contributed by atoms with Crippen LogP contribution in [0.5, 0.6) is 5.75 Å². The van der Waals surface area contributed by atoms with E-state index in [-0.39, 0.29) is 6.04 Å². The molecule has 0 saturated carbocycles. The molecular weight excluding hydrogens is 232 g/mol. The number of ether oxygens (including phenoxy) is 3. The summed E-state index contributed by atoms with van der Waals surface area (Å²) in [6, 6.07) is 5.88. The summed E-state index contributed by atoms with van der Waals surface area (Å²) in [5.41, 5.74) is 4.90. The summed E-state index contributed by atoms with van der Waals surface area (Å²) < 4.78 is 15.8. The van der Waals surface area contributed by atoms with Crippen LogP contribution in [0.1, 0.15) is 17.2 Å². The smallest absolute Gasteiger partial charge is 0.123 e. The number of hydrogen-bond donors (Lipinski definition) is 2. The monoisotopic (exact) mass is 254 g/mol. The van der Waals surface area contributed by atoms with Gasteiger partial charge in [0.2, 0.25) is 0 Å². The molecule has 0 bridgehead atoms. The van der Waals surface area contributed by atoms with Gasteiger partial charge in [0, 0.05) is 12.7 Å². The lowest BCUT2D eigenvalue weighted by Crippen LogP contribution is -2.32. The molecule has 0 spiro atoms. The Morgan fingerprint density at radius 1 is 1.28 bits per heavy atom. The summed E-state index contributed by atoms with van der Waals surface area (Å²) >= 11 is 0. The Morgan fingerprint density at radius 2 is 2.06 bits per heavy atom. The predicted molar refractivity (Wildman–Crippen MR) is 70.5 cm³/mol. The van der Waals surface area contributed by atoms with Crippen molar-refractivity contribution in [2.24, 2.45) is 5.84 Å². The minimum absolute atomic E-state index is 0.100. The van der Waals surface area contributed by atoms with Gasteiger partial charge in [-0.1, -0.05) is 17.7 Å². The molecule has 18 heavy (non-hydrogen) atoms. The number of rotatable bonds is 8. The van der Waals surface area contributed by atoms with Gasteiger partial charge in [0.05, 0.1) is 33.0 Å². The van der Waals surface area contributed by atoms with E-state index in [0.29, 0.717) is 19.8 Å². The third-order valence-electron chi connectivity index (χ3n) is 2.68. The van der Waals surface area contributed by atoms with Crippen LogP contribution in [0.25, 0.3) is 0 Å². The highest BCUT2D eigenvalue weighted by atomic mass is 16.5. The first-order valence-corrected chi connectivity index (χ1v) is 5.90. The summed E-state index contributed by atoms with van der Waals surface area (Å²) in [4.78, 5) is 0. The maximum absolute atomic E-state index is 5.58. The molecule has 0 fully saturated rings. The molecule has 0 aliphatic heterocycles. The third-order valence-corrected chi connectivity index (χ3v) is 2.68. The summed E-state index contributed by atoms with van der Waals surface area (Å²) in [6.07, 6.45) is 0. The first kappa shape index (κ1) is 14.9. The standard InChI is InChI=1S/C13H22N2O3/c1-10-4-5-13(17-3)11(8-10)12(15-14)9-18-7-6-16-2/h4-5,8,12,15H,6-7,9,14H2,1-3H3. The number of methoxy groups -OCH3 is 2. The molecule has 1 atom stereocenters. The minimum Gasteiger partial charge on any atom is -0.496 e. The van der Waals surface area contributed by atoms with Crippen molar-refractivity contribution in [2.45, 2.75) is 13.0 Å². The van der Waals surface area contributed by atoms with Crippen LogP contribution in [0.15, 0.2) is 18.2 Å². The van der Waals surface area contributed by atoms with E-state index in [1.165, 1.54) is 0 Å². The van der Waals surface area contributed by atoms with Gasteiger partial charge in [-0.05, 0) is 13.0 Å². The van der Waals surface area contributed by atoms with Crippen molar-refractivity contribution in [3.05, 3.63) is 29.3 Å². The van der Waals surface area contributed by atoms with Crippen LogP contribution in [-0.4, -0.2) is 34.0 Å². The van der Waals surface area contributed by atoms with E-state index < -0.39 is 0 Å². The van der Waals surface area contributed by atoms with E-state index in [1.54, 1.807) is 14.2 Å². The molecule has 0 aliphatic carbocycles. The first-order valence-electron chi connectivity index (χ1n) is 5.90. The Labute approximate surface area is 108 Å².